The minimum Gasteiger partial charge on any atom is -0.255 e. The Morgan fingerprint density at radius 3 is 1.37 bits per heavy atom. The van der Waals surface area contributed by atoms with E-state index in [2.05, 4.69) is 86.5 Å². The Balaban J connectivity index is 1.33. The van der Waals surface area contributed by atoms with Gasteiger partial charge in [-0.3, -0.25) is 19.9 Å². The lowest BCUT2D eigenvalue weighted by molar-refractivity contribution is -0.0648. The van der Waals surface area contributed by atoms with Crippen LogP contribution in [0.25, 0.3) is 22.8 Å². The Morgan fingerprint density at radius 1 is 0.553 bits per heavy atom. The van der Waals surface area contributed by atoms with Gasteiger partial charge in [0.2, 0.25) is 0 Å². The van der Waals surface area contributed by atoms with Crippen LogP contribution in [-0.2, 0) is 0 Å². The molecular weight excluding hydrogens is 464 g/mol. The summed E-state index contributed by atoms with van der Waals surface area (Å²) >= 11 is 0. The molecule has 0 aromatic carbocycles. The first kappa shape index (κ1) is 22.6. The summed E-state index contributed by atoms with van der Waals surface area (Å²) in [5, 5.41) is 0. The average Bonchev–Trinajstić information content (AvgIpc) is 2.95. The molecular formula is C34H34N4. The van der Waals surface area contributed by atoms with Crippen molar-refractivity contribution >= 4 is 0 Å². The monoisotopic (exact) mass is 498 g/mol. The second-order valence-electron chi connectivity index (χ2n) is 13.3. The standard InChI is InChI=1S/C34H34N4/c1-33(2)23-15-25(33)31(19-13-29(37-17-21(19)23)27-9-5-7-11-35-27)32-20-14-30(28-10-6-8-12-36-28)38-18-22(20)24-16-26(32)34(24,3)4/h5-14,17-18,23-26,31-32H,15-16H2,1-4H3/t23-,24-,25+,26+,31+,32+/m0/s1. The van der Waals surface area contributed by atoms with Crippen molar-refractivity contribution in [1.82, 2.24) is 19.9 Å². The Labute approximate surface area is 225 Å². The van der Waals surface area contributed by atoms with Crippen LogP contribution in [0.1, 0.15) is 86.5 Å². The van der Waals surface area contributed by atoms with Crippen molar-refractivity contribution in [2.24, 2.45) is 22.7 Å². The van der Waals surface area contributed by atoms with Crippen LogP contribution in [0.15, 0.2) is 73.3 Å². The third-order valence-corrected chi connectivity index (χ3v) is 11.2. The van der Waals surface area contributed by atoms with Crippen molar-refractivity contribution in [3.05, 3.63) is 95.6 Å². The van der Waals surface area contributed by atoms with Gasteiger partial charge in [-0.1, -0.05) is 39.8 Å². The minimum atomic E-state index is 0.285. The Morgan fingerprint density at radius 2 is 1.00 bits per heavy atom. The lowest BCUT2D eigenvalue weighted by atomic mass is 9.36. The number of rotatable bonds is 3. The van der Waals surface area contributed by atoms with E-state index >= 15 is 0 Å². The molecule has 0 N–H and O–H groups in total. The maximum atomic E-state index is 4.96. The van der Waals surface area contributed by atoms with E-state index in [-0.39, 0.29) is 10.8 Å². The lowest BCUT2D eigenvalue weighted by Gasteiger charge is -2.67. The van der Waals surface area contributed by atoms with E-state index in [0.29, 0.717) is 35.5 Å². The van der Waals surface area contributed by atoms with Crippen LogP contribution >= 0.6 is 0 Å². The second-order valence-corrected chi connectivity index (χ2v) is 13.3. The third-order valence-electron chi connectivity index (χ3n) is 11.2. The molecule has 4 nitrogen and oxygen atoms in total. The molecule has 0 aliphatic heterocycles. The van der Waals surface area contributed by atoms with Crippen molar-refractivity contribution in [2.75, 3.05) is 0 Å². The van der Waals surface area contributed by atoms with Crippen LogP contribution in [0.4, 0.5) is 0 Å². The van der Waals surface area contributed by atoms with Crippen molar-refractivity contribution in [3.8, 4) is 22.8 Å². The predicted molar refractivity (Wildman–Crippen MR) is 150 cm³/mol. The molecule has 2 fully saturated rings. The molecule has 6 aliphatic rings. The smallest absolute Gasteiger partial charge is 0.0889 e. The zero-order valence-corrected chi connectivity index (χ0v) is 22.6. The molecule has 190 valence electrons. The zero-order chi connectivity index (χ0) is 25.8. The summed E-state index contributed by atoms with van der Waals surface area (Å²) < 4.78 is 0. The summed E-state index contributed by atoms with van der Waals surface area (Å²) in [5.41, 5.74) is 10.5. The molecule has 4 aromatic rings. The number of hydrogen-bond acceptors (Lipinski definition) is 4. The van der Waals surface area contributed by atoms with Crippen LogP contribution in [0.3, 0.4) is 0 Å². The summed E-state index contributed by atoms with van der Waals surface area (Å²) in [7, 11) is 0. The molecule has 2 saturated carbocycles. The largest absolute Gasteiger partial charge is 0.255 e. The van der Waals surface area contributed by atoms with Crippen LogP contribution in [-0.4, -0.2) is 19.9 Å². The van der Waals surface area contributed by atoms with Gasteiger partial charge in [0.15, 0.2) is 0 Å². The molecule has 10 rings (SSSR count). The van der Waals surface area contributed by atoms with Gasteiger partial charge in [0.1, 0.15) is 0 Å². The van der Waals surface area contributed by atoms with Crippen LogP contribution in [0.5, 0.6) is 0 Å². The van der Waals surface area contributed by atoms with Crippen molar-refractivity contribution in [3.63, 3.8) is 0 Å². The molecule has 4 heterocycles. The number of pyridine rings is 4. The third kappa shape index (κ3) is 2.86. The van der Waals surface area contributed by atoms with Gasteiger partial charge < -0.3 is 0 Å². The molecule has 4 aromatic heterocycles. The minimum absolute atomic E-state index is 0.285. The lowest BCUT2D eigenvalue weighted by Crippen LogP contribution is -2.57. The highest BCUT2D eigenvalue weighted by Gasteiger charge is 2.64. The van der Waals surface area contributed by atoms with Crippen LogP contribution in [0.2, 0.25) is 0 Å². The molecule has 0 amide bonds. The van der Waals surface area contributed by atoms with E-state index in [9.17, 15) is 0 Å². The SMILES string of the molecule is CC1(C)[C@@H]2C[C@H]1c1cnc(-c3ccccn3)cc1[C@H]2[C@@H]1c2cc(-c3ccccn3)ncc2[C@@H]2C[C@H]1C2(C)C. The van der Waals surface area contributed by atoms with E-state index in [1.54, 1.807) is 0 Å². The van der Waals surface area contributed by atoms with Crippen molar-refractivity contribution in [1.29, 1.82) is 0 Å². The topological polar surface area (TPSA) is 51.6 Å². The van der Waals surface area contributed by atoms with E-state index in [0.717, 1.165) is 22.8 Å². The molecule has 6 aliphatic carbocycles. The molecule has 4 bridgehead atoms. The quantitative estimate of drug-likeness (QED) is 0.290. The first-order chi connectivity index (χ1) is 18.4. The number of fused-ring (bicyclic) bond motifs is 1. The van der Waals surface area contributed by atoms with Gasteiger partial charge in [0, 0.05) is 24.8 Å². The number of aromatic nitrogens is 4. The van der Waals surface area contributed by atoms with Crippen molar-refractivity contribution in [2.45, 2.75) is 64.2 Å². The van der Waals surface area contributed by atoms with Gasteiger partial charge in [-0.15, -0.1) is 0 Å². The predicted octanol–water partition coefficient (Wildman–Crippen LogP) is 7.75. The number of nitrogens with zero attached hydrogens (tertiary/aromatic N) is 4. The zero-order valence-electron chi connectivity index (χ0n) is 22.6. The fraction of sp³-hybridized carbons (Fsp3) is 0.412. The average molecular weight is 499 g/mol. The first-order valence-corrected chi connectivity index (χ1v) is 14.2. The molecule has 0 radical (unpaired) electrons. The van der Waals surface area contributed by atoms with E-state index in [4.69, 9.17) is 9.97 Å². The molecule has 0 spiro atoms. The molecule has 4 heteroatoms. The van der Waals surface area contributed by atoms with Gasteiger partial charge in [-0.25, -0.2) is 0 Å². The molecule has 0 saturated heterocycles. The fourth-order valence-electron chi connectivity index (χ4n) is 8.95. The summed E-state index contributed by atoms with van der Waals surface area (Å²) in [6.45, 7) is 10.00. The van der Waals surface area contributed by atoms with E-state index in [1.165, 1.54) is 35.1 Å². The summed E-state index contributed by atoms with van der Waals surface area (Å²) in [6, 6.07) is 17.0. The maximum Gasteiger partial charge on any atom is 0.0889 e. The summed E-state index contributed by atoms with van der Waals surface area (Å²) in [4.78, 5) is 19.2. The van der Waals surface area contributed by atoms with Gasteiger partial charge >= 0.3 is 0 Å². The normalized spacial score (nSPS) is 30.8. The molecule has 6 atom stereocenters. The highest BCUT2D eigenvalue weighted by Crippen LogP contribution is 2.75. The second kappa shape index (κ2) is 7.59. The van der Waals surface area contributed by atoms with Gasteiger partial charge in [-0.2, -0.15) is 0 Å². The Kier molecular flexibility index (Phi) is 4.51. The first-order valence-electron chi connectivity index (χ1n) is 14.2. The van der Waals surface area contributed by atoms with Gasteiger partial charge in [0.25, 0.3) is 0 Å². The molecule has 38 heavy (non-hydrogen) atoms. The highest BCUT2D eigenvalue weighted by molar-refractivity contribution is 5.61. The van der Waals surface area contributed by atoms with Crippen LogP contribution < -0.4 is 0 Å². The van der Waals surface area contributed by atoms with Gasteiger partial charge in [-0.05, 0) is 118 Å². The summed E-state index contributed by atoms with van der Waals surface area (Å²) in [5.74, 6) is 3.46. The maximum absolute atomic E-state index is 4.96. The van der Waals surface area contributed by atoms with E-state index in [1.807, 2.05) is 24.5 Å². The highest BCUT2D eigenvalue weighted by atomic mass is 14.8. The van der Waals surface area contributed by atoms with E-state index < -0.39 is 0 Å². The number of hydrogen-bond donors (Lipinski definition) is 0. The van der Waals surface area contributed by atoms with Gasteiger partial charge in [0.05, 0.1) is 22.8 Å². The Hall–Kier alpha value is -3.40. The fourth-order valence-corrected chi connectivity index (χ4v) is 8.95. The Bertz CT molecular complexity index is 1440. The summed E-state index contributed by atoms with van der Waals surface area (Å²) in [6.07, 6.45) is 10.7. The molecule has 0 unspecified atom stereocenters. The van der Waals surface area contributed by atoms with Crippen LogP contribution in [0, 0.1) is 22.7 Å². The van der Waals surface area contributed by atoms with Crippen molar-refractivity contribution < 1.29 is 0 Å².